The molecule has 25 heavy (non-hydrogen) atoms. The Hall–Kier alpha value is -2.47. The number of hydrogen-bond acceptors (Lipinski definition) is 5. The highest BCUT2D eigenvalue weighted by molar-refractivity contribution is 6.31. The first-order valence-electron chi connectivity index (χ1n) is 7.91. The molecule has 1 aliphatic carbocycles. The molecule has 0 radical (unpaired) electrons. The zero-order valence-electron chi connectivity index (χ0n) is 13.4. The molecule has 1 aromatic carbocycles. The van der Waals surface area contributed by atoms with Crippen molar-refractivity contribution in [2.45, 2.75) is 32.3 Å². The van der Waals surface area contributed by atoms with Gasteiger partial charge in [0.05, 0.1) is 21.7 Å². The lowest BCUT2D eigenvalue weighted by atomic mass is 10.1. The Balaban J connectivity index is 1.66. The SMILES string of the molecule is Cc1noc2nc(C3CC3)cc(C(=O)OCc3c(F)cccc3Cl)c12. The van der Waals surface area contributed by atoms with E-state index in [4.69, 9.17) is 20.9 Å². The molecule has 5 nitrogen and oxygen atoms in total. The molecule has 0 saturated heterocycles. The minimum absolute atomic E-state index is 0.146. The van der Waals surface area contributed by atoms with Crippen molar-refractivity contribution in [2.24, 2.45) is 0 Å². The highest BCUT2D eigenvalue weighted by Crippen LogP contribution is 2.40. The zero-order valence-corrected chi connectivity index (χ0v) is 14.1. The third-order valence-corrected chi connectivity index (χ3v) is 4.62. The van der Waals surface area contributed by atoms with Crippen molar-refractivity contribution >= 4 is 28.7 Å². The molecule has 4 rings (SSSR count). The van der Waals surface area contributed by atoms with E-state index in [0.29, 0.717) is 28.3 Å². The summed E-state index contributed by atoms with van der Waals surface area (Å²) >= 11 is 5.97. The molecule has 0 unspecified atom stereocenters. The van der Waals surface area contributed by atoms with E-state index in [1.807, 2.05) is 0 Å². The minimum atomic E-state index is -0.583. The maximum Gasteiger partial charge on any atom is 0.339 e. The second kappa shape index (κ2) is 6.11. The van der Waals surface area contributed by atoms with Crippen LogP contribution in [0.4, 0.5) is 4.39 Å². The van der Waals surface area contributed by atoms with Crippen LogP contribution in [0.15, 0.2) is 28.8 Å². The number of rotatable bonds is 4. The van der Waals surface area contributed by atoms with Crippen molar-refractivity contribution in [2.75, 3.05) is 0 Å². The van der Waals surface area contributed by atoms with Crippen molar-refractivity contribution in [1.82, 2.24) is 10.1 Å². The summed E-state index contributed by atoms with van der Waals surface area (Å²) in [6, 6.07) is 6.04. The van der Waals surface area contributed by atoms with Crippen LogP contribution in [0, 0.1) is 12.7 Å². The van der Waals surface area contributed by atoms with E-state index in [0.717, 1.165) is 18.5 Å². The van der Waals surface area contributed by atoms with Crippen molar-refractivity contribution in [3.63, 3.8) is 0 Å². The quantitative estimate of drug-likeness (QED) is 0.638. The summed E-state index contributed by atoms with van der Waals surface area (Å²) in [7, 11) is 0. The van der Waals surface area contributed by atoms with Gasteiger partial charge in [-0.15, -0.1) is 0 Å². The van der Waals surface area contributed by atoms with Crippen molar-refractivity contribution < 1.29 is 18.4 Å². The topological polar surface area (TPSA) is 65.2 Å². The van der Waals surface area contributed by atoms with Gasteiger partial charge in [0, 0.05) is 17.2 Å². The standard InChI is InChI=1S/C18H14ClFN2O3/c1-9-16-11(7-15(10-5-6-10)21-17(16)25-22-9)18(23)24-8-12-13(19)3-2-4-14(12)20/h2-4,7,10H,5-6,8H2,1H3. The molecule has 0 N–H and O–H groups in total. The van der Waals surface area contributed by atoms with Crippen LogP contribution in [0.5, 0.6) is 0 Å². The van der Waals surface area contributed by atoms with Gasteiger partial charge in [-0.1, -0.05) is 22.8 Å². The van der Waals surface area contributed by atoms with Gasteiger partial charge in [-0.25, -0.2) is 14.2 Å². The van der Waals surface area contributed by atoms with E-state index < -0.39 is 11.8 Å². The lowest BCUT2D eigenvalue weighted by Crippen LogP contribution is -2.08. The predicted octanol–water partition coefficient (Wildman–Crippen LogP) is 4.56. The number of benzene rings is 1. The Bertz CT molecular complexity index is 962. The molecule has 3 aromatic rings. The Morgan fingerprint density at radius 3 is 2.96 bits per heavy atom. The van der Waals surface area contributed by atoms with Gasteiger partial charge in [0.2, 0.25) is 0 Å². The number of fused-ring (bicyclic) bond motifs is 1. The first-order valence-corrected chi connectivity index (χ1v) is 8.29. The van der Waals surface area contributed by atoms with E-state index in [1.165, 1.54) is 12.1 Å². The van der Waals surface area contributed by atoms with Crippen LogP contribution in [-0.2, 0) is 11.3 Å². The summed E-state index contributed by atoms with van der Waals surface area (Å²) in [6.45, 7) is 1.48. The zero-order chi connectivity index (χ0) is 17.6. The maximum absolute atomic E-state index is 13.8. The number of carbonyl (C=O) groups is 1. The summed E-state index contributed by atoms with van der Waals surface area (Å²) < 4.78 is 24.4. The third-order valence-electron chi connectivity index (χ3n) is 4.26. The van der Waals surface area contributed by atoms with E-state index >= 15 is 0 Å². The van der Waals surface area contributed by atoms with Crippen LogP contribution in [0.2, 0.25) is 5.02 Å². The second-order valence-electron chi connectivity index (χ2n) is 6.09. The maximum atomic E-state index is 13.8. The lowest BCUT2D eigenvalue weighted by Gasteiger charge is -2.09. The summed E-state index contributed by atoms with van der Waals surface area (Å²) in [6.07, 6.45) is 2.07. The molecule has 0 atom stereocenters. The molecule has 1 aliphatic rings. The van der Waals surface area contributed by atoms with Crippen LogP contribution in [0.1, 0.15) is 46.1 Å². The van der Waals surface area contributed by atoms with Gasteiger partial charge in [0.1, 0.15) is 12.4 Å². The van der Waals surface area contributed by atoms with Crippen LogP contribution < -0.4 is 0 Å². The number of hydrogen-bond donors (Lipinski definition) is 0. The molecule has 2 aromatic heterocycles. The van der Waals surface area contributed by atoms with E-state index in [9.17, 15) is 9.18 Å². The Morgan fingerprint density at radius 1 is 1.44 bits per heavy atom. The first-order chi connectivity index (χ1) is 12.0. The van der Waals surface area contributed by atoms with Crippen molar-refractivity contribution in [1.29, 1.82) is 0 Å². The number of esters is 1. The van der Waals surface area contributed by atoms with E-state index in [1.54, 1.807) is 19.1 Å². The first kappa shape index (κ1) is 16.0. The Morgan fingerprint density at radius 2 is 2.24 bits per heavy atom. The third kappa shape index (κ3) is 2.98. The molecule has 0 aliphatic heterocycles. The largest absolute Gasteiger partial charge is 0.457 e. The van der Waals surface area contributed by atoms with Gasteiger partial charge < -0.3 is 9.26 Å². The highest BCUT2D eigenvalue weighted by atomic mass is 35.5. The number of nitrogens with zero attached hydrogens (tertiary/aromatic N) is 2. The Kier molecular flexibility index (Phi) is 3.92. The van der Waals surface area contributed by atoms with Gasteiger partial charge >= 0.3 is 5.97 Å². The molecule has 0 spiro atoms. The number of aryl methyl sites for hydroxylation is 1. The van der Waals surface area contributed by atoms with Crippen molar-refractivity contribution in [3.05, 3.63) is 57.6 Å². The number of halogens is 2. The summed E-state index contributed by atoms with van der Waals surface area (Å²) in [5, 5.41) is 4.62. The van der Waals surface area contributed by atoms with Crippen LogP contribution in [-0.4, -0.2) is 16.1 Å². The molecular weight excluding hydrogens is 347 g/mol. The van der Waals surface area contributed by atoms with Gasteiger partial charge in [-0.05, 0) is 38.0 Å². The molecule has 0 bridgehead atoms. The van der Waals surface area contributed by atoms with E-state index in [-0.39, 0.29) is 17.2 Å². The fourth-order valence-electron chi connectivity index (χ4n) is 2.75. The molecule has 128 valence electrons. The molecule has 7 heteroatoms. The summed E-state index contributed by atoms with van der Waals surface area (Å²) in [5.41, 5.74) is 2.14. The van der Waals surface area contributed by atoms with Gasteiger partial charge in [-0.2, -0.15) is 0 Å². The number of carbonyl (C=O) groups excluding carboxylic acids is 1. The normalized spacial score (nSPS) is 14.0. The van der Waals surface area contributed by atoms with Gasteiger partial charge in [0.25, 0.3) is 5.71 Å². The van der Waals surface area contributed by atoms with Crippen LogP contribution >= 0.6 is 11.6 Å². The fourth-order valence-corrected chi connectivity index (χ4v) is 2.97. The average Bonchev–Trinajstić information content (AvgIpc) is 3.37. The monoisotopic (exact) mass is 360 g/mol. The summed E-state index contributed by atoms with van der Waals surface area (Å²) in [4.78, 5) is 17.0. The van der Waals surface area contributed by atoms with Crippen LogP contribution in [0.3, 0.4) is 0 Å². The predicted molar refractivity (Wildman–Crippen MR) is 89.0 cm³/mol. The number of ether oxygens (including phenoxy) is 1. The van der Waals surface area contributed by atoms with Gasteiger partial charge in [0.15, 0.2) is 0 Å². The smallest absolute Gasteiger partial charge is 0.339 e. The minimum Gasteiger partial charge on any atom is -0.457 e. The molecule has 1 fully saturated rings. The van der Waals surface area contributed by atoms with E-state index in [2.05, 4.69) is 10.1 Å². The fraction of sp³-hybridized carbons (Fsp3) is 0.278. The Labute approximate surface area is 147 Å². The molecule has 2 heterocycles. The lowest BCUT2D eigenvalue weighted by molar-refractivity contribution is 0.0471. The van der Waals surface area contributed by atoms with Gasteiger partial charge in [-0.3, -0.25) is 0 Å². The second-order valence-corrected chi connectivity index (χ2v) is 6.50. The van der Waals surface area contributed by atoms with Crippen molar-refractivity contribution in [3.8, 4) is 0 Å². The number of aromatic nitrogens is 2. The molecular formula is C18H14ClFN2O3. The van der Waals surface area contributed by atoms with Crippen LogP contribution in [0.25, 0.3) is 11.1 Å². The molecule has 0 amide bonds. The average molecular weight is 361 g/mol. The number of pyridine rings is 1. The summed E-state index contributed by atoms with van der Waals surface area (Å²) in [5.74, 6) is -0.762. The molecule has 1 saturated carbocycles. The highest BCUT2D eigenvalue weighted by Gasteiger charge is 2.29.